The minimum atomic E-state index is -1.00. The molecule has 2 aliphatic rings. The Morgan fingerprint density at radius 2 is 1.57 bits per heavy atom. The molecule has 2 aromatic carbocycles. The third-order valence-electron chi connectivity index (χ3n) is 9.81. The molecule has 0 bridgehead atoms. The number of carbonyl (C=O) groups is 6. The SMILES string of the molecule is C/C=C/C(C)NC(=O)[C@H](CC(C)C)NC(=O)C(CCC=O)NC(=O)OCC1=CCC=CC=C1.C=C/C=C(\C=C)C(N)(c1ccccc1)c1ccccc1.CC1CCNC1=O.CCOC=O. The maximum absolute atomic E-state index is 12.9. The molecule has 13 heteroatoms. The molecule has 4 rings (SSSR count). The summed E-state index contributed by atoms with van der Waals surface area (Å²) < 4.78 is 9.39. The van der Waals surface area contributed by atoms with Crippen LogP contribution in [0.5, 0.6) is 0 Å². The van der Waals surface area contributed by atoms with Gasteiger partial charge in [-0.3, -0.25) is 19.2 Å². The van der Waals surface area contributed by atoms with Gasteiger partial charge in [-0.2, -0.15) is 0 Å². The van der Waals surface area contributed by atoms with Gasteiger partial charge in [0.05, 0.1) is 12.1 Å². The molecule has 1 aliphatic heterocycles. The molecule has 0 radical (unpaired) electrons. The summed E-state index contributed by atoms with van der Waals surface area (Å²) in [7, 11) is 0. The lowest BCUT2D eigenvalue weighted by atomic mass is 9.77. The summed E-state index contributed by atoms with van der Waals surface area (Å²) in [5, 5.41) is 10.8. The molecule has 4 amide bonds. The number of allylic oxidation sites excluding steroid dienone is 7. The third kappa shape index (κ3) is 22.0. The number of aldehydes is 1. The largest absolute Gasteiger partial charge is 0.468 e. The number of rotatable bonds is 20. The van der Waals surface area contributed by atoms with Crippen LogP contribution in [0, 0.1) is 11.8 Å². The van der Waals surface area contributed by atoms with Crippen LogP contribution in [0.4, 0.5) is 4.79 Å². The summed E-state index contributed by atoms with van der Waals surface area (Å²) in [6.07, 6.45) is 20.9. The standard InChI is InChI=1S/C25H37N3O5.C19H19N.C5H9NO.C3H6O2/c1-5-11-19(4)26-24(31)22(16-18(2)3)27-23(30)21(14-10-15-29)28-25(32)33-17-20-12-8-6-7-9-13-20;1-3-11-16(4-2)19(20,17-12-7-5-8-13-17)18-14-9-6-10-15-18;1-4-2-3-6-5(4)7;1-2-5-3-4/h5-8,11-13,15,18-19,21-22H,9-10,14,16-17H2,1-4H3,(H,26,31)(H,27,30)(H,28,32);3-15H,1-2,20H2;4H,2-3H2,1H3,(H,6,7);3H,2H2,1H3/b11-5+;16-11+;;/t19?,21?,22-;;;/m0.../s1. The number of ether oxygens (including phenoxy) is 2. The van der Waals surface area contributed by atoms with E-state index >= 15 is 0 Å². The van der Waals surface area contributed by atoms with E-state index in [1.54, 1.807) is 19.1 Å². The Hall–Kier alpha value is -6.60. The van der Waals surface area contributed by atoms with Crippen LogP contribution in [-0.2, 0) is 39.0 Å². The number of amides is 4. The highest BCUT2D eigenvalue weighted by atomic mass is 16.5. The van der Waals surface area contributed by atoms with Crippen molar-refractivity contribution in [2.75, 3.05) is 19.8 Å². The first kappa shape index (κ1) is 56.4. The van der Waals surface area contributed by atoms with Crippen molar-refractivity contribution in [1.29, 1.82) is 0 Å². The van der Waals surface area contributed by atoms with Crippen molar-refractivity contribution in [3.05, 3.63) is 157 Å². The third-order valence-corrected chi connectivity index (χ3v) is 9.81. The van der Waals surface area contributed by atoms with Gasteiger partial charge in [0.25, 0.3) is 6.47 Å². The van der Waals surface area contributed by atoms with E-state index in [-0.39, 0.29) is 49.1 Å². The maximum Gasteiger partial charge on any atom is 0.408 e. The number of nitrogens with one attached hydrogen (secondary N) is 4. The summed E-state index contributed by atoms with van der Waals surface area (Å²) in [6, 6.07) is 18.1. The van der Waals surface area contributed by atoms with Crippen molar-refractivity contribution in [3.8, 4) is 0 Å². The highest BCUT2D eigenvalue weighted by Gasteiger charge is 2.32. The van der Waals surface area contributed by atoms with E-state index in [1.807, 2.05) is 144 Å². The van der Waals surface area contributed by atoms with Crippen molar-refractivity contribution in [2.24, 2.45) is 17.6 Å². The van der Waals surface area contributed by atoms with E-state index < -0.39 is 29.6 Å². The van der Waals surface area contributed by atoms with E-state index in [4.69, 9.17) is 10.5 Å². The second-order valence-electron chi connectivity index (χ2n) is 15.5. The lowest BCUT2D eigenvalue weighted by molar-refractivity contribution is -0.130. The molecule has 1 heterocycles. The molecule has 3 unspecified atom stereocenters. The molecule has 13 nitrogen and oxygen atoms in total. The molecule has 1 saturated heterocycles. The highest BCUT2D eigenvalue weighted by molar-refractivity contribution is 5.91. The highest BCUT2D eigenvalue weighted by Crippen LogP contribution is 2.34. The molecule has 65 heavy (non-hydrogen) atoms. The van der Waals surface area contributed by atoms with Crippen LogP contribution in [0.1, 0.15) is 84.8 Å². The Bertz CT molecular complexity index is 1900. The fourth-order valence-corrected chi connectivity index (χ4v) is 6.38. The van der Waals surface area contributed by atoms with Gasteiger partial charge in [-0.15, -0.1) is 0 Å². The average Bonchev–Trinajstić information content (AvgIpc) is 3.49. The lowest BCUT2D eigenvalue weighted by Crippen LogP contribution is -2.55. The summed E-state index contributed by atoms with van der Waals surface area (Å²) in [5.74, 6) is -0.217. The predicted octanol–water partition coefficient (Wildman–Crippen LogP) is 7.62. The van der Waals surface area contributed by atoms with Crippen LogP contribution >= 0.6 is 0 Å². The zero-order valence-corrected chi connectivity index (χ0v) is 39.0. The van der Waals surface area contributed by atoms with Gasteiger partial charge in [-0.25, -0.2) is 4.79 Å². The van der Waals surface area contributed by atoms with Gasteiger partial charge in [0.2, 0.25) is 17.7 Å². The first-order valence-corrected chi connectivity index (χ1v) is 22.0. The van der Waals surface area contributed by atoms with Gasteiger partial charge in [0.15, 0.2) is 0 Å². The number of carbonyl (C=O) groups excluding carboxylic acids is 6. The monoisotopic (exact) mass is 894 g/mol. The zero-order valence-electron chi connectivity index (χ0n) is 39.0. The Labute approximate surface area is 386 Å². The minimum Gasteiger partial charge on any atom is -0.468 e. The second-order valence-corrected chi connectivity index (χ2v) is 15.5. The summed E-state index contributed by atoms with van der Waals surface area (Å²) in [5.41, 5.74) is 9.89. The van der Waals surface area contributed by atoms with Crippen molar-refractivity contribution in [3.63, 3.8) is 0 Å². The van der Waals surface area contributed by atoms with Crippen LogP contribution in [0.2, 0.25) is 0 Å². The minimum absolute atomic E-state index is 0.0627. The van der Waals surface area contributed by atoms with Gasteiger partial charge in [-0.1, -0.05) is 155 Å². The molecule has 1 fully saturated rings. The van der Waals surface area contributed by atoms with Crippen molar-refractivity contribution >= 4 is 36.6 Å². The fourth-order valence-electron chi connectivity index (χ4n) is 6.38. The second kappa shape index (κ2) is 33.0. The average molecular weight is 894 g/mol. The van der Waals surface area contributed by atoms with E-state index in [2.05, 4.69) is 39.2 Å². The summed E-state index contributed by atoms with van der Waals surface area (Å²) in [6.45, 7) is 20.8. The van der Waals surface area contributed by atoms with Crippen LogP contribution in [0.25, 0.3) is 0 Å². The topological polar surface area (TPSA) is 195 Å². The van der Waals surface area contributed by atoms with Crippen LogP contribution in [0.3, 0.4) is 0 Å². The van der Waals surface area contributed by atoms with Gasteiger partial charge >= 0.3 is 6.09 Å². The van der Waals surface area contributed by atoms with E-state index in [1.165, 1.54) is 0 Å². The molecule has 352 valence electrons. The number of hydrogen-bond acceptors (Lipinski definition) is 9. The molecule has 6 N–H and O–H groups in total. The normalized spacial score (nSPS) is 15.5. The molecule has 0 saturated carbocycles. The van der Waals surface area contributed by atoms with Crippen LogP contribution < -0.4 is 27.0 Å². The Kier molecular flexibility index (Phi) is 28.6. The molecule has 1 aliphatic carbocycles. The summed E-state index contributed by atoms with van der Waals surface area (Å²) in [4.78, 5) is 68.5. The molecule has 2 aromatic rings. The first-order chi connectivity index (χ1) is 31.2. The molecule has 0 aromatic heterocycles. The van der Waals surface area contributed by atoms with Gasteiger partial charge in [0, 0.05) is 24.9 Å². The maximum atomic E-state index is 12.9. The first-order valence-electron chi connectivity index (χ1n) is 22.0. The predicted molar refractivity (Wildman–Crippen MR) is 259 cm³/mol. The molecule has 4 atom stereocenters. The number of nitrogens with two attached hydrogens (primary N) is 1. The van der Waals surface area contributed by atoms with E-state index in [0.29, 0.717) is 25.8 Å². The smallest absolute Gasteiger partial charge is 0.408 e. The molecular formula is C52H71N5O8. The van der Waals surface area contributed by atoms with Gasteiger partial charge in [-0.05, 0) is 74.6 Å². The van der Waals surface area contributed by atoms with E-state index in [0.717, 1.165) is 41.7 Å². The van der Waals surface area contributed by atoms with Crippen molar-refractivity contribution in [1.82, 2.24) is 21.3 Å². The quantitative estimate of drug-likeness (QED) is 0.0505. The van der Waals surface area contributed by atoms with Gasteiger partial charge in [0.1, 0.15) is 25.0 Å². The Morgan fingerprint density at radius 1 is 0.938 bits per heavy atom. The van der Waals surface area contributed by atoms with Crippen LogP contribution in [0.15, 0.2) is 146 Å². The molecular weight excluding hydrogens is 823 g/mol. The lowest BCUT2D eigenvalue weighted by Gasteiger charge is -2.32. The number of benzene rings is 2. The van der Waals surface area contributed by atoms with Gasteiger partial charge < -0.3 is 41.3 Å². The van der Waals surface area contributed by atoms with Crippen molar-refractivity contribution in [2.45, 2.75) is 97.3 Å². The zero-order chi connectivity index (χ0) is 48.5. The molecule has 0 spiro atoms. The summed E-state index contributed by atoms with van der Waals surface area (Å²) >= 11 is 0. The van der Waals surface area contributed by atoms with E-state index in [9.17, 15) is 28.8 Å². The number of alkyl carbamates (subject to hydrolysis) is 1. The van der Waals surface area contributed by atoms with Crippen molar-refractivity contribution < 1.29 is 38.2 Å². The number of hydrogen-bond donors (Lipinski definition) is 5. The Balaban J connectivity index is 0.000000548. The Morgan fingerprint density at radius 3 is 2.03 bits per heavy atom. The fraction of sp³-hybridized carbons (Fsp3) is 0.385. The van der Waals surface area contributed by atoms with Crippen LogP contribution in [-0.4, -0.2) is 74.5 Å².